The molecular weight excluding hydrogens is 456 g/mol. The number of nitrogens with zero attached hydrogens (tertiary/aromatic N) is 6. The Morgan fingerprint density at radius 3 is 2.78 bits per heavy atom. The van der Waals surface area contributed by atoms with E-state index in [9.17, 15) is 0 Å². The summed E-state index contributed by atoms with van der Waals surface area (Å²) >= 11 is 0. The summed E-state index contributed by atoms with van der Waals surface area (Å²) in [5.41, 5.74) is 3.88. The molecule has 5 heterocycles. The lowest BCUT2D eigenvalue weighted by atomic mass is 9.97. The molecule has 3 aromatic heterocycles. The highest BCUT2D eigenvalue weighted by Gasteiger charge is 2.27. The molecular formula is C27H38N6O3. The third kappa shape index (κ3) is 5.53. The van der Waals surface area contributed by atoms with Gasteiger partial charge in [-0.2, -0.15) is 0 Å². The summed E-state index contributed by atoms with van der Waals surface area (Å²) in [5, 5.41) is 0. The van der Waals surface area contributed by atoms with Crippen LogP contribution in [0.3, 0.4) is 0 Å². The molecule has 36 heavy (non-hydrogen) atoms. The van der Waals surface area contributed by atoms with E-state index in [4.69, 9.17) is 29.2 Å². The molecule has 194 valence electrons. The highest BCUT2D eigenvalue weighted by molar-refractivity contribution is 5.75. The fourth-order valence-corrected chi connectivity index (χ4v) is 5.35. The first-order chi connectivity index (χ1) is 17.5. The molecule has 0 aliphatic carbocycles. The molecule has 2 fully saturated rings. The fraction of sp³-hybridized carbons (Fsp3) is 0.630. The van der Waals surface area contributed by atoms with Crippen molar-refractivity contribution in [2.45, 2.75) is 77.9 Å². The number of fused-ring (bicyclic) bond motifs is 1. The van der Waals surface area contributed by atoms with Crippen LogP contribution in [0.4, 0.5) is 5.95 Å². The van der Waals surface area contributed by atoms with Gasteiger partial charge in [0.2, 0.25) is 5.95 Å². The normalized spacial score (nSPS) is 23.0. The third-order valence-corrected chi connectivity index (χ3v) is 7.23. The fourth-order valence-electron chi connectivity index (χ4n) is 5.35. The number of aromatic nitrogens is 5. The molecule has 0 radical (unpaired) electrons. The maximum absolute atomic E-state index is 6.05. The Hall–Kier alpha value is -2.62. The van der Waals surface area contributed by atoms with E-state index in [1.54, 1.807) is 7.11 Å². The van der Waals surface area contributed by atoms with Gasteiger partial charge in [-0.3, -0.25) is 4.98 Å². The van der Waals surface area contributed by atoms with Gasteiger partial charge < -0.3 is 23.7 Å². The quantitative estimate of drug-likeness (QED) is 0.458. The molecule has 2 saturated heterocycles. The molecule has 9 nitrogen and oxygen atoms in total. The van der Waals surface area contributed by atoms with Gasteiger partial charge in [0, 0.05) is 51.2 Å². The minimum absolute atomic E-state index is 0.136. The van der Waals surface area contributed by atoms with Gasteiger partial charge in [0.1, 0.15) is 17.9 Å². The molecule has 9 heteroatoms. The van der Waals surface area contributed by atoms with Crippen LogP contribution in [-0.4, -0.2) is 63.7 Å². The summed E-state index contributed by atoms with van der Waals surface area (Å²) in [7, 11) is 1.80. The van der Waals surface area contributed by atoms with Gasteiger partial charge in [0.25, 0.3) is 0 Å². The Morgan fingerprint density at radius 1 is 1.14 bits per heavy atom. The molecule has 2 aliphatic rings. The molecule has 3 atom stereocenters. The van der Waals surface area contributed by atoms with Gasteiger partial charge in [-0.05, 0) is 57.6 Å². The van der Waals surface area contributed by atoms with Crippen LogP contribution in [0.15, 0.2) is 24.5 Å². The molecule has 0 aromatic carbocycles. The van der Waals surface area contributed by atoms with E-state index in [2.05, 4.69) is 41.3 Å². The zero-order valence-electron chi connectivity index (χ0n) is 21.9. The van der Waals surface area contributed by atoms with Gasteiger partial charge in [0.05, 0.1) is 23.5 Å². The summed E-state index contributed by atoms with van der Waals surface area (Å²) in [5.74, 6) is 2.14. The van der Waals surface area contributed by atoms with Crippen LogP contribution in [0.1, 0.15) is 69.7 Å². The van der Waals surface area contributed by atoms with Crippen molar-refractivity contribution < 1.29 is 14.2 Å². The highest BCUT2D eigenvalue weighted by Crippen LogP contribution is 2.25. The van der Waals surface area contributed by atoms with E-state index in [1.807, 2.05) is 18.5 Å². The lowest BCUT2D eigenvalue weighted by molar-refractivity contribution is -0.170. The standard InChI is InChI=1S/C27H38N6O3/c1-18(2)33-23-14-21(29-15-22(23)31-25(33)17-36-26-7-5-6-12-35-26)13-20-8-10-28-27(30-20)32-11-9-24(34-4)19(3)16-32/h8,10,14-15,18-19,24,26H,5-7,9,11-13,16-17H2,1-4H3/t19-,24+,26?/m0/s1. The molecule has 0 N–H and O–H groups in total. The van der Waals surface area contributed by atoms with E-state index in [1.165, 1.54) is 0 Å². The summed E-state index contributed by atoms with van der Waals surface area (Å²) in [4.78, 5) is 21.2. The second-order valence-electron chi connectivity index (χ2n) is 10.3. The van der Waals surface area contributed by atoms with E-state index >= 15 is 0 Å². The molecule has 5 rings (SSSR count). The van der Waals surface area contributed by atoms with E-state index in [0.29, 0.717) is 25.0 Å². The Balaban J connectivity index is 1.33. The highest BCUT2D eigenvalue weighted by atomic mass is 16.7. The van der Waals surface area contributed by atoms with Crippen LogP contribution in [0.25, 0.3) is 11.0 Å². The largest absolute Gasteiger partial charge is 0.381 e. The smallest absolute Gasteiger partial charge is 0.225 e. The summed E-state index contributed by atoms with van der Waals surface area (Å²) in [6.45, 7) is 9.58. The van der Waals surface area contributed by atoms with Crippen molar-refractivity contribution in [3.63, 3.8) is 0 Å². The number of hydrogen-bond acceptors (Lipinski definition) is 8. The summed E-state index contributed by atoms with van der Waals surface area (Å²) in [6.07, 6.45) is 8.71. The Bertz CT molecular complexity index is 1160. The van der Waals surface area contributed by atoms with Gasteiger partial charge >= 0.3 is 0 Å². The number of ether oxygens (including phenoxy) is 3. The van der Waals surface area contributed by atoms with Crippen molar-refractivity contribution >= 4 is 17.0 Å². The topological polar surface area (TPSA) is 87.4 Å². The van der Waals surface area contributed by atoms with Crippen molar-refractivity contribution in [2.75, 3.05) is 31.7 Å². The van der Waals surface area contributed by atoms with Crippen LogP contribution < -0.4 is 4.90 Å². The Labute approximate surface area is 213 Å². The van der Waals surface area contributed by atoms with Crippen LogP contribution in [0.2, 0.25) is 0 Å². The zero-order chi connectivity index (χ0) is 25.1. The molecule has 0 bridgehead atoms. The maximum atomic E-state index is 6.05. The molecule has 2 aliphatic heterocycles. The lowest BCUT2D eigenvalue weighted by Crippen LogP contribution is -2.43. The molecule has 0 saturated carbocycles. The van der Waals surface area contributed by atoms with Crippen LogP contribution in [0, 0.1) is 5.92 Å². The first kappa shape index (κ1) is 25.0. The van der Waals surface area contributed by atoms with Crippen molar-refractivity contribution in [2.24, 2.45) is 5.92 Å². The van der Waals surface area contributed by atoms with Crippen molar-refractivity contribution in [1.29, 1.82) is 0 Å². The number of methoxy groups -OCH3 is 1. The van der Waals surface area contributed by atoms with E-state index in [-0.39, 0.29) is 12.3 Å². The van der Waals surface area contributed by atoms with Crippen molar-refractivity contribution in [3.8, 4) is 0 Å². The summed E-state index contributed by atoms with van der Waals surface area (Å²) in [6, 6.07) is 4.36. The molecule has 3 aromatic rings. The van der Waals surface area contributed by atoms with Crippen LogP contribution >= 0.6 is 0 Å². The number of piperidine rings is 1. The number of pyridine rings is 1. The number of rotatable bonds is 8. The monoisotopic (exact) mass is 494 g/mol. The molecule has 0 amide bonds. The second-order valence-corrected chi connectivity index (χ2v) is 10.3. The maximum Gasteiger partial charge on any atom is 0.225 e. The number of hydrogen-bond donors (Lipinski definition) is 0. The van der Waals surface area contributed by atoms with Crippen LogP contribution in [-0.2, 0) is 27.2 Å². The summed E-state index contributed by atoms with van der Waals surface area (Å²) < 4.78 is 19.6. The molecule has 0 spiro atoms. The predicted octanol–water partition coefficient (Wildman–Crippen LogP) is 4.30. The molecule has 1 unspecified atom stereocenters. The van der Waals surface area contributed by atoms with Gasteiger partial charge in [0.15, 0.2) is 6.29 Å². The van der Waals surface area contributed by atoms with Gasteiger partial charge in [-0.25, -0.2) is 15.0 Å². The Morgan fingerprint density at radius 2 is 2.03 bits per heavy atom. The zero-order valence-corrected chi connectivity index (χ0v) is 21.9. The third-order valence-electron chi connectivity index (χ3n) is 7.23. The van der Waals surface area contributed by atoms with E-state index in [0.717, 1.165) is 79.6 Å². The number of imidazole rings is 1. The van der Waals surface area contributed by atoms with Crippen molar-refractivity contribution in [3.05, 3.63) is 41.7 Å². The minimum Gasteiger partial charge on any atom is -0.381 e. The van der Waals surface area contributed by atoms with E-state index < -0.39 is 0 Å². The van der Waals surface area contributed by atoms with Gasteiger partial charge in [-0.15, -0.1) is 0 Å². The van der Waals surface area contributed by atoms with Crippen LogP contribution in [0.5, 0.6) is 0 Å². The average Bonchev–Trinajstić information content (AvgIpc) is 3.26. The second kappa shape index (κ2) is 11.2. The average molecular weight is 495 g/mol. The lowest BCUT2D eigenvalue weighted by Gasteiger charge is -2.36. The Kier molecular flexibility index (Phi) is 7.79. The van der Waals surface area contributed by atoms with Crippen molar-refractivity contribution in [1.82, 2.24) is 24.5 Å². The number of anilines is 1. The minimum atomic E-state index is -0.136. The first-order valence-electron chi connectivity index (χ1n) is 13.2. The predicted molar refractivity (Wildman–Crippen MR) is 138 cm³/mol. The first-order valence-corrected chi connectivity index (χ1v) is 13.2. The SMILES string of the molecule is CO[C@@H]1CCN(c2nccc(Cc3cc4c(cn3)nc(COC3CCCCO3)n4C(C)C)n2)C[C@@H]1C. The van der Waals surface area contributed by atoms with Gasteiger partial charge in [-0.1, -0.05) is 6.92 Å².